The third-order valence-electron chi connectivity index (χ3n) is 3.89. The Morgan fingerprint density at radius 2 is 2.05 bits per heavy atom. The molecule has 0 saturated carbocycles. The largest absolute Gasteiger partial charge is 0.377 e. The van der Waals surface area contributed by atoms with Crippen molar-refractivity contribution in [2.24, 2.45) is 0 Å². The van der Waals surface area contributed by atoms with Crippen LogP contribution in [0.5, 0.6) is 0 Å². The molecular weight excluding hydrogens is 286 g/mol. The molecule has 7 heteroatoms. The molecule has 0 radical (unpaired) electrons. The summed E-state index contributed by atoms with van der Waals surface area (Å²) < 4.78 is 5.66. The van der Waals surface area contributed by atoms with Gasteiger partial charge in [0.1, 0.15) is 0 Å². The van der Waals surface area contributed by atoms with Gasteiger partial charge in [-0.3, -0.25) is 0 Å². The molecular formula is C14H23N5OS. The summed E-state index contributed by atoms with van der Waals surface area (Å²) >= 11 is 1.67. The topological polar surface area (TPSA) is 63.2 Å². The monoisotopic (exact) mass is 309 g/mol. The fourth-order valence-corrected chi connectivity index (χ4v) is 3.60. The molecule has 0 aromatic carbocycles. The standard InChI is InChI=1S/C14H23N5OS/c1-15-12-16-13(19-7-3-2-4-8-19)18-14(17-12)21-10-11-6-5-9-20-11/h11H,2-10H2,1H3,(H,15,16,17,18). The van der Waals surface area contributed by atoms with Gasteiger partial charge in [0.05, 0.1) is 6.10 Å². The molecule has 0 aliphatic carbocycles. The van der Waals surface area contributed by atoms with Crippen molar-refractivity contribution in [1.82, 2.24) is 15.0 Å². The van der Waals surface area contributed by atoms with Crippen LogP contribution in [0.25, 0.3) is 0 Å². The van der Waals surface area contributed by atoms with Crippen LogP contribution >= 0.6 is 11.8 Å². The fourth-order valence-electron chi connectivity index (χ4n) is 2.70. The quantitative estimate of drug-likeness (QED) is 0.836. The number of aromatic nitrogens is 3. The van der Waals surface area contributed by atoms with E-state index in [0.717, 1.165) is 43.0 Å². The maximum atomic E-state index is 5.66. The Balaban J connectivity index is 1.69. The van der Waals surface area contributed by atoms with Crippen molar-refractivity contribution in [3.05, 3.63) is 0 Å². The van der Waals surface area contributed by atoms with Gasteiger partial charge in [-0.05, 0) is 32.1 Å². The zero-order valence-corrected chi connectivity index (χ0v) is 13.4. The lowest BCUT2D eigenvalue weighted by atomic mass is 10.1. The summed E-state index contributed by atoms with van der Waals surface area (Å²) in [4.78, 5) is 15.9. The molecule has 0 amide bonds. The van der Waals surface area contributed by atoms with Crippen LogP contribution in [0.3, 0.4) is 0 Å². The summed E-state index contributed by atoms with van der Waals surface area (Å²) in [6.07, 6.45) is 6.42. The smallest absolute Gasteiger partial charge is 0.231 e. The Hall–Kier alpha value is -1.08. The Morgan fingerprint density at radius 3 is 2.76 bits per heavy atom. The van der Waals surface area contributed by atoms with Crippen molar-refractivity contribution in [3.63, 3.8) is 0 Å². The first-order valence-corrected chi connectivity index (χ1v) is 8.77. The van der Waals surface area contributed by atoms with E-state index in [1.807, 2.05) is 7.05 Å². The normalized spacial score (nSPS) is 22.5. The van der Waals surface area contributed by atoms with E-state index in [2.05, 4.69) is 25.2 Å². The van der Waals surface area contributed by atoms with Crippen LogP contribution in [0.15, 0.2) is 5.16 Å². The number of rotatable bonds is 5. The van der Waals surface area contributed by atoms with Gasteiger partial charge in [-0.25, -0.2) is 0 Å². The van der Waals surface area contributed by atoms with E-state index in [1.54, 1.807) is 11.8 Å². The third-order valence-corrected chi connectivity index (χ3v) is 4.87. The van der Waals surface area contributed by atoms with E-state index < -0.39 is 0 Å². The average molecular weight is 309 g/mol. The molecule has 0 bridgehead atoms. The maximum Gasteiger partial charge on any atom is 0.231 e. The van der Waals surface area contributed by atoms with Gasteiger partial charge in [-0.1, -0.05) is 11.8 Å². The molecule has 3 heterocycles. The molecule has 3 rings (SSSR count). The average Bonchev–Trinajstić information content (AvgIpc) is 3.07. The van der Waals surface area contributed by atoms with E-state index in [-0.39, 0.29) is 0 Å². The van der Waals surface area contributed by atoms with E-state index in [4.69, 9.17) is 4.74 Å². The van der Waals surface area contributed by atoms with Crippen LogP contribution < -0.4 is 10.2 Å². The van der Waals surface area contributed by atoms with Crippen LogP contribution in [0, 0.1) is 0 Å². The molecule has 1 atom stereocenters. The number of hydrogen-bond donors (Lipinski definition) is 1. The summed E-state index contributed by atoms with van der Waals surface area (Å²) in [6, 6.07) is 0. The van der Waals surface area contributed by atoms with Crippen LogP contribution in [0.4, 0.5) is 11.9 Å². The zero-order valence-electron chi connectivity index (χ0n) is 12.5. The highest BCUT2D eigenvalue weighted by atomic mass is 32.2. The Kier molecular flexibility index (Phi) is 5.13. The minimum Gasteiger partial charge on any atom is -0.377 e. The first kappa shape index (κ1) is 14.8. The van der Waals surface area contributed by atoms with E-state index in [1.165, 1.54) is 25.7 Å². The van der Waals surface area contributed by atoms with Crippen molar-refractivity contribution >= 4 is 23.7 Å². The zero-order chi connectivity index (χ0) is 14.5. The van der Waals surface area contributed by atoms with Gasteiger partial charge in [0.2, 0.25) is 11.9 Å². The molecule has 116 valence electrons. The summed E-state index contributed by atoms with van der Waals surface area (Å²) in [7, 11) is 1.85. The number of ether oxygens (including phenoxy) is 1. The second-order valence-electron chi connectivity index (χ2n) is 5.49. The number of nitrogens with one attached hydrogen (secondary N) is 1. The predicted octanol–water partition coefficient (Wildman–Crippen LogP) is 2.17. The second-order valence-corrected chi connectivity index (χ2v) is 6.47. The van der Waals surface area contributed by atoms with E-state index >= 15 is 0 Å². The summed E-state index contributed by atoms with van der Waals surface area (Å²) in [6.45, 7) is 2.98. The lowest BCUT2D eigenvalue weighted by Gasteiger charge is -2.26. The molecule has 1 aromatic heterocycles. The lowest BCUT2D eigenvalue weighted by Crippen LogP contribution is -2.31. The highest BCUT2D eigenvalue weighted by Crippen LogP contribution is 2.24. The molecule has 2 aliphatic rings. The van der Waals surface area contributed by atoms with Crippen molar-refractivity contribution in [1.29, 1.82) is 0 Å². The van der Waals surface area contributed by atoms with Crippen molar-refractivity contribution in [3.8, 4) is 0 Å². The highest BCUT2D eigenvalue weighted by Gasteiger charge is 2.19. The van der Waals surface area contributed by atoms with Crippen molar-refractivity contribution < 1.29 is 4.74 Å². The van der Waals surface area contributed by atoms with Gasteiger partial charge in [0.15, 0.2) is 5.16 Å². The third kappa shape index (κ3) is 3.97. The molecule has 1 aromatic rings. The number of piperidine rings is 1. The van der Waals surface area contributed by atoms with Gasteiger partial charge in [0.25, 0.3) is 0 Å². The van der Waals surface area contributed by atoms with Gasteiger partial charge < -0.3 is 15.0 Å². The molecule has 1 N–H and O–H groups in total. The van der Waals surface area contributed by atoms with E-state index in [0.29, 0.717) is 12.1 Å². The molecule has 21 heavy (non-hydrogen) atoms. The van der Waals surface area contributed by atoms with Crippen LogP contribution in [0.2, 0.25) is 0 Å². The first-order valence-electron chi connectivity index (χ1n) is 7.78. The molecule has 2 fully saturated rings. The molecule has 6 nitrogen and oxygen atoms in total. The summed E-state index contributed by atoms with van der Waals surface area (Å²) in [5.41, 5.74) is 0. The second kappa shape index (κ2) is 7.26. The highest BCUT2D eigenvalue weighted by molar-refractivity contribution is 7.99. The number of anilines is 2. The Bertz CT molecular complexity index is 461. The van der Waals surface area contributed by atoms with Crippen molar-refractivity contribution in [2.45, 2.75) is 43.4 Å². The molecule has 2 saturated heterocycles. The first-order chi connectivity index (χ1) is 10.3. The van der Waals surface area contributed by atoms with Crippen LogP contribution in [-0.2, 0) is 4.74 Å². The Morgan fingerprint density at radius 1 is 1.19 bits per heavy atom. The van der Waals surface area contributed by atoms with Crippen LogP contribution in [-0.4, -0.2) is 53.6 Å². The predicted molar refractivity (Wildman–Crippen MR) is 85.1 cm³/mol. The fraction of sp³-hybridized carbons (Fsp3) is 0.786. The SMILES string of the molecule is CNc1nc(SCC2CCCO2)nc(N2CCCCC2)n1. The van der Waals surface area contributed by atoms with Crippen LogP contribution in [0.1, 0.15) is 32.1 Å². The molecule has 0 spiro atoms. The van der Waals surface area contributed by atoms with Gasteiger partial charge in [-0.15, -0.1) is 0 Å². The van der Waals surface area contributed by atoms with Gasteiger partial charge in [0, 0.05) is 32.5 Å². The minimum absolute atomic E-state index is 0.350. The number of hydrogen-bond acceptors (Lipinski definition) is 7. The molecule has 1 unspecified atom stereocenters. The van der Waals surface area contributed by atoms with Gasteiger partial charge in [-0.2, -0.15) is 15.0 Å². The lowest BCUT2D eigenvalue weighted by molar-refractivity contribution is 0.129. The maximum absolute atomic E-state index is 5.66. The Labute approximate surface area is 130 Å². The molecule has 2 aliphatic heterocycles. The summed E-state index contributed by atoms with van der Waals surface area (Å²) in [5, 5.41) is 3.84. The van der Waals surface area contributed by atoms with E-state index in [9.17, 15) is 0 Å². The van der Waals surface area contributed by atoms with Gasteiger partial charge >= 0.3 is 0 Å². The summed E-state index contributed by atoms with van der Waals surface area (Å²) in [5.74, 6) is 2.39. The number of nitrogens with zero attached hydrogens (tertiary/aromatic N) is 4. The number of thioether (sulfide) groups is 1. The minimum atomic E-state index is 0.350. The van der Waals surface area contributed by atoms with Crippen molar-refractivity contribution in [2.75, 3.05) is 42.7 Å².